The highest BCUT2D eigenvalue weighted by atomic mass is 16.2. The lowest BCUT2D eigenvalue weighted by Gasteiger charge is -2.30. The zero-order chi connectivity index (χ0) is 16.0. The molecule has 2 heterocycles. The molecule has 0 aliphatic carbocycles. The van der Waals surface area contributed by atoms with E-state index in [1.807, 2.05) is 0 Å². The fraction of sp³-hybridized carbons (Fsp3) is 0.882. The highest BCUT2D eigenvalue weighted by Crippen LogP contribution is 2.29. The average molecular weight is 309 g/mol. The van der Waals surface area contributed by atoms with Crippen LogP contribution in [0.4, 0.5) is 4.79 Å². The smallest absolute Gasteiger partial charge is 0.323 e. The van der Waals surface area contributed by atoms with Crippen LogP contribution in [0.25, 0.3) is 0 Å². The number of unbranched alkanes of at least 4 members (excludes halogenated alkanes) is 2. The molecule has 5 nitrogen and oxygen atoms in total. The summed E-state index contributed by atoms with van der Waals surface area (Å²) in [7, 11) is 0. The third-order valence-electron chi connectivity index (χ3n) is 4.95. The molecule has 22 heavy (non-hydrogen) atoms. The fourth-order valence-electron chi connectivity index (χ4n) is 3.53. The van der Waals surface area contributed by atoms with Crippen molar-refractivity contribution in [2.24, 2.45) is 0 Å². The minimum absolute atomic E-state index is 0.00461. The maximum Gasteiger partial charge on any atom is 0.326 e. The van der Waals surface area contributed by atoms with Crippen molar-refractivity contribution in [1.29, 1.82) is 0 Å². The van der Waals surface area contributed by atoms with E-state index in [1.54, 1.807) is 0 Å². The highest BCUT2D eigenvalue weighted by Gasteiger charge is 2.50. The molecule has 126 valence electrons. The number of imide groups is 1. The maximum atomic E-state index is 12.9. The molecular weight excluding hydrogens is 278 g/mol. The van der Waals surface area contributed by atoms with E-state index in [4.69, 9.17) is 0 Å². The summed E-state index contributed by atoms with van der Waals surface area (Å²) in [5, 5.41) is 3.04. The molecule has 2 aliphatic rings. The molecule has 0 atom stereocenters. The molecule has 1 N–H and O–H groups in total. The number of carbonyl (C=O) groups excluding carboxylic acids is 2. The van der Waals surface area contributed by atoms with E-state index in [0.717, 1.165) is 51.6 Å². The molecule has 0 unspecified atom stereocenters. The first-order valence-electron chi connectivity index (χ1n) is 8.99. The van der Waals surface area contributed by atoms with Crippen molar-refractivity contribution in [3.63, 3.8) is 0 Å². The number of nitrogens with one attached hydrogen (secondary N) is 1. The van der Waals surface area contributed by atoms with Crippen LogP contribution in [0.3, 0.4) is 0 Å². The molecule has 3 amide bonds. The molecule has 0 aromatic carbocycles. The van der Waals surface area contributed by atoms with Crippen LogP contribution in [0.15, 0.2) is 0 Å². The van der Waals surface area contributed by atoms with Crippen LogP contribution in [0.5, 0.6) is 0 Å². The second-order valence-corrected chi connectivity index (χ2v) is 6.77. The Kier molecular flexibility index (Phi) is 6.24. The van der Waals surface area contributed by atoms with Crippen LogP contribution in [0.2, 0.25) is 0 Å². The molecular formula is C17H31N3O2. The monoisotopic (exact) mass is 309 g/mol. The van der Waals surface area contributed by atoms with E-state index in [1.165, 1.54) is 24.2 Å². The van der Waals surface area contributed by atoms with E-state index in [9.17, 15) is 9.59 Å². The molecule has 2 aliphatic heterocycles. The van der Waals surface area contributed by atoms with Gasteiger partial charge in [0.25, 0.3) is 5.91 Å². The van der Waals surface area contributed by atoms with E-state index in [0.29, 0.717) is 6.67 Å². The SMILES string of the molecule is CCCCC1(CCCC)NC(=O)N(CN2CCCCC2)C1=O. The third-order valence-corrected chi connectivity index (χ3v) is 4.95. The summed E-state index contributed by atoms with van der Waals surface area (Å²) >= 11 is 0. The Morgan fingerprint density at radius 2 is 1.59 bits per heavy atom. The van der Waals surface area contributed by atoms with Gasteiger partial charge in [0.2, 0.25) is 0 Å². The molecule has 0 radical (unpaired) electrons. The number of hydrogen-bond acceptors (Lipinski definition) is 3. The average Bonchev–Trinajstić information content (AvgIpc) is 2.77. The summed E-state index contributed by atoms with van der Waals surface area (Å²) in [6.07, 6.45) is 9.18. The van der Waals surface area contributed by atoms with Crippen LogP contribution in [-0.4, -0.2) is 47.0 Å². The predicted octanol–water partition coefficient (Wildman–Crippen LogP) is 3.10. The number of urea groups is 1. The van der Waals surface area contributed by atoms with Gasteiger partial charge in [-0.2, -0.15) is 0 Å². The fourth-order valence-corrected chi connectivity index (χ4v) is 3.53. The lowest BCUT2D eigenvalue weighted by molar-refractivity contribution is -0.133. The van der Waals surface area contributed by atoms with Gasteiger partial charge in [-0.3, -0.25) is 9.69 Å². The van der Waals surface area contributed by atoms with E-state index in [-0.39, 0.29) is 11.9 Å². The van der Waals surface area contributed by atoms with Gasteiger partial charge in [0.1, 0.15) is 5.54 Å². The molecule has 0 bridgehead atoms. The minimum atomic E-state index is -0.640. The Balaban J connectivity index is 2.05. The Bertz CT molecular complexity index is 383. The van der Waals surface area contributed by atoms with Crippen LogP contribution in [0.1, 0.15) is 71.6 Å². The van der Waals surface area contributed by atoms with Crippen LogP contribution in [0, 0.1) is 0 Å². The number of carbonyl (C=O) groups is 2. The lowest BCUT2D eigenvalue weighted by Crippen LogP contribution is -2.48. The van der Waals surface area contributed by atoms with Gasteiger partial charge in [-0.05, 0) is 38.8 Å². The molecule has 2 saturated heterocycles. The van der Waals surface area contributed by atoms with Crippen molar-refractivity contribution < 1.29 is 9.59 Å². The minimum Gasteiger partial charge on any atom is -0.323 e. The summed E-state index contributed by atoms with van der Waals surface area (Å²) in [5.41, 5.74) is -0.640. The first kappa shape index (κ1) is 17.3. The van der Waals surface area contributed by atoms with Crippen LogP contribution in [-0.2, 0) is 4.79 Å². The van der Waals surface area contributed by atoms with Gasteiger partial charge in [0.15, 0.2) is 0 Å². The Hall–Kier alpha value is -1.10. The van der Waals surface area contributed by atoms with Gasteiger partial charge in [-0.25, -0.2) is 9.69 Å². The van der Waals surface area contributed by atoms with Crippen LogP contribution >= 0.6 is 0 Å². The number of nitrogens with zero attached hydrogens (tertiary/aromatic N) is 2. The molecule has 0 saturated carbocycles. The van der Waals surface area contributed by atoms with Crippen molar-refractivity contribution in [3.05, 3.63) is 0 Å². The van der Waals surface area contributed by atoms with Gasteiger partial charge in [0.05, 0.1) is 6.67 Å². The molecule has 0 spiro atoms. The number of hydrogen-bond donors (Lipinski definition) is 1. The molecule has 2 rings (SSSR count). The first-order chi connectivity index (χ1) is 10.6. The van der Waals surface area contributed by atoms with E-state index >= 15 is 0 Å². The Morgan fingerprint density at radius 3 is 2.14 bits per heavy atom. The predicted molar refractivity (Wildman–Crippen MR) is 87.4 cm³/mol. The quantitative estimate of drug-likeness (QED) is 0.701. The largest absolute Gasteiger partial charge is 0.326 e. The van der Waals surface area contributed by atoms with Gasteiger partial charge >= 0.3 is 6.03 Å². The Labute approximate surface area is 134 Å². The second kappa shape index (κ2) is 7.95. The van der Waals surface area contributed by atoms with Gasteiger partial charge in [-0.15, -0.1) is 0 Å². The van der Waals surface area contributed by atoms with Crippen LogP contribution < -0.4 is 5.32 Å². The second-order valence-electron chi connectivity index (χ2n) is 6.77. The Morgan fingerprint density at radius 1 is 1.00 bits per heavy atom. The standard InChI is InChI=1S/C17H31N3O2/c1-3-5-10-17(11-6-4-2)15(21)20(16(22)18-17)14-19-12-8-7-9-13-19/h3-14H2,1-2H3,(H,18,22). The molecule has 5 heteroatoms. The van der Waals surface area contributed by atoms with Crippen molar-refractivity contribution in [3.8, 4) is 0 Å². The summed E-state index contributed by atoms with van der Waals surface area (Å²) in [4.78, 5) is 29.0. The van der Waals surface area contributed by atoms with Gasteiger partial charge < -0.3 is 5.32 Å². The maximum absolute atomic E-state index is 12.9. The van der Waals surface area contributed by atoms with Crippen molar-refractivity contribution >= 4 is 11.9 Å². The number of rotatable bonds is 8. The third kappa shape index (κ3) is 3.80. The first-order valence-corrected chi connectivity index (χ1v) is 8.99. The highest BCUT2D eigenvalue weighted by molar-refractivity contribution is 6.07. The summed E-state index contributed by atoms with van der Waals surface area (Å²) < 4.78 is 0. The molecule has 0 aromatic heterocycles. The lowest BCUT2D eigenvalue weighted by atomic mass is 9.87. The molecule has 2 fully saturated rings. The van der Waals surface area contributed by atoms with E-state index < -0.39 is 5.54 Å². The topological polar surface area (TPSA) is 52.7 Å². The normalized spacial score (nSPS) is 22.2. The summed E-state index contributed by atoms with van der Waals surface area (Å²) in [6, 6.07) is -0.192. The van der Waals surface area contributed by atoms with Crippen molar-refractivity contribution in [2.75, 3.05) is 19.8 Å². The number of piperidine rings is 1. The number of amides is 3. The van der Waals surface area contributed by atoms with Crippen molar-refractivity contribution in [1.82, 2.24) is 15.1 Å². The van der Waals surface area contributed by atoms with Gasteiger partial charge in [0, 0.05) is 0 Å². The summed E-state index contributed by atoms with van der Waals surface area (Å²) in [5.74, 6) is 0.00461. The summed E-state index contributed by atoms with van der Waals surface area (Å²) in [6.45, 7) is 6.70. The van der Waals surface area contributed by atoms with Crippen molar-refractivity contribution in [2.45, 2.75) is 77.2 Å². The zero-order valence-corrected chi connectivity index (χ0v) is 14.2. The van der Waals surface area contributed by atoms with Gasteiger partial charge in [-0.1, -0.05) is 46.0 Å². The molecule has 0 aromatic rings. The van der Waals surface area contributed by atoms with E-state index in [2.05, 4.69) is 24.1 Å². The number of likely N-dealkylation sites (tertiary alicyclic amines) is 1. The zero-order valence-electron chi connectivity index (χ0n) is 14.2.